The summed E-state index contributed by atoms with van der Waals surface area (Å²) in [5.74, 6) is 0. The summed E-state index contributed by atoms with van der Waals surface area (Å²) in [6, 6.07) is 40.4. The van der Waals surface area contributed by atoms with Crippen molar-refractivity contribution in [3.05, 3.63) is 182 Å². The molecule has 0 saturated carbocycles. The summed E-state index contributed by atoms with van der Waals surface area (Å²) in [5, 5.41) is 4.96. The second kappa shape index (κ2) is 11.1. The Morgan fingerprint density at radius 1 is 0.327 bits per heavy atom. The normalized spacial score (nSPS) is 14.0. The third-order valence-electron chi connectivity index (χ3n) is 9.48. The molecule has 0 bridgehead atoms. The van der Waals surface area contributed by atoms with E-state index in [4.69, 9.17) is 9.90 Å². The molecule has 10 aromatic rings. The molecule has 0 spiro atoms. The van der Waals surface area contributed by atoms with Gasteiger partial charge >= 0.3 is 0 Å². The predicted octanol–water partition coefficient (Wildman–Crippen LogP) is 13.7. The second-order valence-corrected chi connectivity index (χ2v) is 12.3. The van der Waals surface area contributed by atoms with Crippen molar-refractivity contribution in [3.63, 3.8) is 0 Å². The van der Waals surface area contributed by atoms with E-state index in [9.17, 15) is 5.48 Å². The molecule has 0 amide bonds. The van der Waals surface area contributed by atoms with E-state index in [0.29, 0.717) is 22.3 Å². The van der Waals surface area contributed by atoms with Gasteiger partial charge in [0.15, 0.2) is 0 Å². The highest BCUT2D eigenvalue weighted by atomic mass is 16.3. The molecule has 9 aromatic carbocycles. The van der Waals surface area contributed by atoms with Crippen LogP contribution >= 0.6 is 0 Å². The molecule has 10 rings (SSSR count). The molecule has 0 fully saturated rings. The van der Waals surface area contributed by atoms with Crippen molar-refractivity contribution < 1.29 is 15.4 Å². The molecular weight excluding hydrogens is 593 g/mol. The lowest BCUT2D eigenvalue weighted by atomic mass is 9.85. The van der Waals surface area contributed by atoms with E-state index in [1.807, 2.05) is 103 Å². The Balaban J connectivity index is 1.24. The minimum atomic E-state index is -0.428. The number of furan rings is 1. The summed E-state index contributed by atoms with van der Waals surface area (Å²) in [7, 11) is 0. The zero-order valence-corrected chi connectivity index (χ0v) is 26.1. The molecule has 0 aliphatic carbocycles. The summed E-state index contributed by atoms with van der Waals surface area (Å²) >= 11 is 0. The summed E-state index contributed by atoms with van der Waals surface area (Å²) < 4.78 is 78.5. The van der Waals surface area contributed by atoms with E-state index in [2.05, 4.69) is 30.3 Å². The van der Waals surface area contributed by atoms with Gasteiger partial charge in [-0.25, -0.2) is 0 Å². The standard InChI is InChI=1S/C48H30O/c1-2-11-31(12-3-1)34-15-10-16-38(27-34)48-41-19-8-6-17-39(41)47(40-18-7-9-20-42(40)48)33-23-21-32(22-24-33)37-25-26-45-43(29-37)44-28-35-13-4-5-14-36(35)30-46(44)49-45/h1-30H/i6D,7D,8D,9D,17D,18D,19D,20D. The van der Waals surface area contributed by atoms with Crippen LogP contribution in [0.15, 0.2) is 186 Å². The van der Waals surface area contributed by atoms with Crippen LogP contribution < -0.4 is 0 Å². The van der Waals surface area contributed by atoms with Gasteiger partial charge in [0.2, 0.25) is 0 Å². The van der Waals surface area contributed by atoms with E-state index in [1.54, 1.807) is 0 Å². The lowest BCUT2D eigenvalue weighted by molar-refractivity contribution is 0.669. The maximum absolute atomic E-state index is 9.31. The molecule has 0 saturated heterocycles. The fourth-order valence-electron chi connectivity index (χ4n) is 7.16. The first-order valence-electron chi connectivity index (χ1n) is 20.2. The Morgan fingerprint density at radius 3 is 1.51 bits per heavy atom. The summed E-state index contributed by atoms with van der Waals surface area (Å²) in [4.78, 5) is 0. The minimum Gasteiger partial charge on any atom is -0.456 e. The van der Waals surface area contributed by atoms with Crippen LogP contribution in [0, 0.1) is 0 Å². The maximum Gasteiger partial charge on any atom is 0.136 e. The fourth-order valence-corrected chi connectivity index (χ4v) is 7.16. The largest absolute Gasteiger partial charge is 0.456 e. The van der Waals surface area contributed by atoms with Gasteiger partial charge in [-0.1, -0.05) is 151 Å². The Morgan fingerprint density at radius 2 is 0.816 bits per heavy atom. The molecule has 0 atom stereocenters. The van der Waals surface area contributed by atoms with Gasteiger partial charge < -0.3 is 4.42 Å². The average molecular weight is 631 g/mol. The first-order chi connectivity index (χ1) is 27.6. The SMILES string of the molecule is [2H]c1c([2H])c([2H])c2c(-c3cccc(-c4ccccc4)c3)c3c([2H])c([2H])c([2H])c([2H])c3c(-c3ccc(-c4ccc5oc6cc7ccccc7cc6c5c4)cc3)c2c1[2H]. The van der Waals surface area contributed by atoms with Gasteiger partial charge in [-0.3, -0.25) is 0 Å². The van der Waals surface area contributed by atoms with Crippen molar-refractivity contribution in [2.45, 2.75) is 0 Å². The molecular formula is C48H30O. The van der Waals surface area contributed by atoms with E-state index in [1.165, 1.54) is 0 Å². The van der Waals surface area contributed by atoms with E-state index in [0.717, 1.165) is 55.0 Å². The monoisotopic (exact) mass is 630 g/mol. The van der Waals surface area contributed by atoms with Crippen LogP contribution in [0.3, 0.4) is 0 Å². The predicted molar refractivity (Wildman–Crippen MR) is 208 cm³/mol. The Hall–Kier alpha value is -6.44. The van der Waals surface area contributed by atoms with Crippen molar-refractivity contribution in [1.82, 2.24) is 0 Å². The zero-order chi connectivity index (χ0) is 39.3. The summed E-state index contributed by atoms with van der Waals surface area (Å²) in [6.07, 6.45) is 0. The lowest BCUT2D eigenvalue weighted by Crippen LogP contribution is -1.91. The summed E-state index contributed by atoms with van der Waals surface area (Å²) in [5.41, 5.74) is 6.96. The van der Waals surface area contributed by atoms with Crippen molar-refractivity contribution in [1.29, 1.82) is 0 Å². The smallest absolute Gasteiger partial charge is 0.136 e. The Labute approximate surface area is 295 Å². The molecule has 0 radical (unpaired) electrons. The van der Waals surface area contributed by atoms with Crippen molar-refractivity contribution >= 4 is 54.3 Å². The second-order valence-electron chi connectivity index (χ2n) is 12.3. The Bertz CT molecular complexity index is 3240. The number of benzene rings is 9. The highest BCUT2D eigenvalue weighted by Crippen LogP contribution is 2.44. The van der Waals surface area contributed by atoms with Crippen molar-refractivity contribution in [3.8, 4) is 44.5 Å². The number of fused-ring (bicyclic) bond motifs is 6. The first-order valence-corrected chi connectivity index (χ1v) is 16.2. The Kier molecular flexibility index (Phi) is 4.69. The highest BCUT2D eigenvalue weighted by molar-refractivity contribution is 6.21. The maximum atomic E-state index is 9.31. The van der Waals surface area contributed by atoms with Gasteiger partial charge in [0.25, 0.3) is 0 Å². The van der Waals surface area contributed by atoms with Crippen LogP contribution in [-0.4, -0.2) is 0 Å². The molecule has 1 heteroatoms. The molecule has 1 aromatic heterocycles. The van der Waals surface area contributed by atoms with Crippen molar-refractivity contribution in [2.75, 3.05) is 0 Å². The minimum absolute atomic E-state index is 0.185. The molecule has 0 aliphatic heterocycles. The van der Waals surface area contributed by atoms with Gasteiger partial charge in [0.05, 0.1) is 11.0 Å². The molecule has 49 heavy (non-hydrogen) atoms. The average Bonchev–Trinajstić information content (AvgIpc) is 3.61. The number of rotatable bonds is 4. The molecule has 0 unspecified atom stereocenters. The van der Waals surface area contributed by atoms with E-state index >= 15 is 0 Å². The lowest BCUT2D eigenvalue weighted by Gasteiger charge is -2.18. The van der Waals surface area contributed by atoms with Crippen molar-refractivity contribution in [2.24, 2.45) is 0 Å². The van der Waals surface area contributed by atoms with Crippen LogP contribution in [0.4, 0.5) is 0 Å². The van der Waals surface area contributed by atoms with Gasteiger partial charge in [-0.05, 0) is 107 Å². The van der Waals surface area contributed by atoms with Gasteiger partial charge in [-0.2, -0.15) is 0 Å². The molecule has 1 nitrogen and oxygen atoms in total. The van der Waals surface area contributed by atoms with Crippen LogP contribution in [-0.2, 0) is 0 Å². The molecule has 0 N–H and O–H groups in total. The van der Waals surface area contributed by atoms with Gasteiger partial charge in [0.1, 0.15) is 11.2 Å². The fraction of sp³-hybridized carbons (Fsp3) is 0. The van der Waals surface area contributed by atoms with Crippen LogP contribution in [0.5, 0.6) is 0 Å². The number of hydrogen-bond donors (Lipinski definition) is 0. The highest BCUT2D eigenvalue weighted by Gasteiger charge is 2.17. The first kappa shape index (κ1) is 20.7. The summed E-state index contributed by atoms with van der Waals surface area (Å²) in [6.45, 7) is 0. The molecule has 228 valence electrons. The number of hydrogen-bond acceptors (Lipinski definition) is 1. The molecule has 1 heterocycles. The van der Waals surface area contributed by atoms with Gasteiger partial charge in [0, 0.05) is 10.8 Å². The third-order valence-corrected chi connectivity index (χ3v) is 9.48. The van der Waals surface area contributed by atoms with E-state index in [-0.39, 0.29) is 45.7 Å². The quantitative estimate of drug-likeness (QED) is 0.176. The topological polar surface area (TPSA) is 13.1 Å². The molecule has 0 aliphatic rings. The van der Waals surface area contributed by atoms with Crippen LogP contribution in [0.1, 0.15) is 11.0 Å². The van der Waals surface area contributed by atoms with Crippen LogP contribution in [0.2, 0.25) is 0 Å². The third kappa shape index (κ3) is 4.55. The van der Waals surface area contributed by atoms with Gasteiger partial charge in [-0.15, -0.1) is 0 Å². The zero-order valence-electron chi connectivity index (χ0n) is 34.1. The van der Waals surface area contributed by atoms with E-state index < -0.39 is 24.2 Å². The van der Waals surface area contributed by atoms with Crippen LogP contribution in [0.25, 0.3) is 98.8 Å².